The van der Waals surface area contributed by atoms with E-state index in [0.29, 0.717) is 6.07 Å². The molecule has 0 amide bonds. The first-order valence-electron chi connectivity index (χ1n) is 3.29. The van der Waals surface area contributed by atoms with Gasteiger partial charge in [-0.25, -0.2) is 9.78 Å². The number of carboxylic acid groups (broad SMARTS) is 1. The summed E-state index contributed by atoms with van der Waals surface area (Å²) in [7, 11) is 0. The van der Waals surface area contributed by atoms with Gasteiger partial charge in [-0.3, -0.25) is 0 Å². The van der Waals surface area contributed by atoms with Gasteiger partial charge in [-0.15, -0.1) is 0 Å². The molecule has 76 valence electrons. The van der Waals surface area contributed by atoms with Crippen LogP contribution in [0.25, 0.3) is 0 Å². The molecule has 0 aliphatic rings. The van der Waals surface area contributed by atoms with Crippen LogP contribution >= 0.6 is 15.9 Å². The van der Waals surface area contributed by atoms with E-state index >= 15 is 0 Å². The summed E-state index contributed by atoms with van der Waals surface area (Å²) in [5.41, 5.74) is -1.44. The lowest BCUT2D eigenvalue weighted by atomic mass is 10.2. The lowest BCUT2D eigenvalue weighted by Gasteiger charge is -2.06. The second-order valence-corrected chi connectivity index (χ2v) is 3.09. The van der Waals surface area contributed by atoms with Crippen LogP contribution in [0.2, 0.25) is 0 Å². The zero-order valence-electron chi connectivity index (χ0n) is 6.47. The minimum atomic E-state index is -4.57. The molecule has 1 aromatic heterocycles. The molecule has 0 atom stereocenters. The van der Waals surface area contributed by atoms with Gasteiger partial charge in [-0.2, -0.15) is 13.2 Å². The Balaban J connectivity index is 3.20. The molecule has 0 unspecified atom stereocenters. The summed E-state index contributed by atoms with van der Waals surface area (Å²) in [6.07, 6.45) is -4.57. The molecule has 0 aliphatic carbocycles. The quantitative estimate of drug-likeness (QED) is 0.798. The van der Waals surface area contributed by atoms with E-state index in [-0.39, 0.29) is 10.2 Å². The summed E-state index contributed by atoms with van der Waals surface area (Å²) >= 11 is 2.65. The van der Waals surface area contributed by atoms with Gasteiger partial charge >= 0.3 is 12.1 Å². The Hall–Kier alpha value is -1.11. The summed E-state index contributed by atoms with van der Waals surface area (Å²) < 4.78 is 35.9. The van der Waals surface area contributed by atoms with E-state index in [4.69, 9.17) is 5.11 Å². The number of carboxylic acids is 1. The largest absolute Gasteiger partial charge is 0.478 e. The normalized spacial score (nSPS) is 11.4. The van der Waals surface area contributed by atoms with Crippen LogP contribution in [0.4, 0.5) is 13.2 Å². The van der Waals surface area contributed by atoms with Crippen molar-refractivity contribution in [2.75, 3.05) is 0 Å². The molecule has 0 saturated carbocycles. The minimum absolute atomic E-state index is 0.307. The first kappa shape index (κ1) is 11.0. The van der Waals surface area contributed by atoms with E-state index in [0.717, 1.165) is 6.07 Å². The third kappa shape index (κ3) is 2.22. The van der Waals surface area contributed by atoms with Crippen LogP contribution in [-0.2, 0) is 6.18 Å². The fourth-order valence-corrected chi connectivity index (χ4v) is 1.24. The molecule has 0 radical (unpaired) electrons. The molecule has 7 heteroatoms. The molecule has 0 spiro atoms. The van der Waals surface area contributed by atoms with E-state index in [1.54, 1.807) is 0 Å². The molecular weight excluding hydrogens is 267 g/mol. The van der Waals surface area contributed by atoms with Crippen LogP contribution in [0.15, 0.2) is 16.7 Å². The average molecular weight is 270 g/mol. The zero-order chi connectivity index (χ0) is 10.9. The summed E-state index contributed by atoms with van der Waals surface area (Å²) in [6, 6.07) is 1.47. The van der Waals surface area contributed by atoms with Crippen LogP contribution < -0.4 is 0 Å². The molecule has 14 heavy (non-hydrogen) atoms. The highest BCUT2D eigenvalue weighted by molar-refractivity contribution is 9.10. The Morgan fingerprint density at radius 1 is 1.43 bits per heavy atom. The first-order valence-corrected chi connectivity index (χ1v) is 4.08. The molecule has 0 fully saturated rings. The van der Waals surface area contributed by atoms with Gasteiger partial charge in [0.05, 0.1) is 5.56 Å². The summed E-state index contributed by atoms with van der Waals surface area (Å²) in [5, 5.41) is 8.51. The third-order valence-electron chi connectivity index (χ3n) is 1.37. The van der Waals surface area contributed by atoms with Crippen molar-refractivity contribution >= 4 is 21.9 Å². The van der Waals surface area contributed by atoms with Crippen molar-refractivity contribution in [3.63, 3.8) is 0 Å². The van der Waals surface area contributed by atoms with Crippen molar-refractivity contribution in [1.82, 2.24) is 4.98 Å². The van der Waals surface area contributed by atoms with Crippen molar-refractivity contribution in [3.8, 4) is 0 Å². The second-order valence-electron chi connectivity index (χ2n) is 2.34. The SMILES string of the molecule is O=C(O)c1ccc(C(F)(F)F)nc1Br. The highest BCUT2D eigenvalue weighted by Gasteiger charge is 2.33. The van der Waals surface area contributed by atoms with Crippen LogP contribution in [0.3, 0.4) is 0 Å². The van der Waals surface area contributed by atoms with E-state index in [9.17, 15) is 18.0 Å². The molecule has 1 heterocycles. The average Bonchev–Trinajstić information content (AvgIpc) is 2.01. The number of aromatic carboxylic acids is 1. The predicted octanol–water partition coefficient (Wildman–Crippen LogP) is 2.56. The van der Waals surface area contributed by atoms with Crippen molar-refractivity contribution in [1.29, 1.82) is 0 Å². The van der Waals surface area contributed by atoms with Gasteiger partial charge in [0, 0.05) is 0 Å². The number of nitrogens with zero attached hydrogens (tertiary/aromatic N) is 1. The van der Waals surface area contributed by atoms with Crippen LogP contribution in [0, 0.1) is 0 Å². The molecular formula is C7H3BrF3NO2. The Morgan fingerprint density at radius 2 is 2.00 bits per heavy atom. The molecule has 1 aromatic rings. The summed E-state index contributed by atoms with van der Waals surface area (Å²) in [5.74, 6) is -1.34. The Labute approximate surface area is 84.7 Å². The van der Waals surface area contributed by atoms with E-state index < -0.39 is 17.8 Å². The van der Waals surface area contributed by atoms with Gasteiger partial charge in [0.1, 0.15) is 10.3 Å². The standard InChI is InChI=1S/C7H3BrF3NO2/c8-5-3(6(13)14)1-2-4(12-5)7(9,10)11/h1-2H,(H,13,14). The molecule has 3 nitrogen and oxygen atoms in total. The maximum absolute atomic E-state index is 12.1. The topological polar surface area (TPSA) is 50.2 Å². The molecule has 0 aliphatic heterocycles. The molecule has 0 saturated heterocycles. The number of aromatic nitrogens is 1. The maximum atomic E-state index is 12.1. The molecule has 0 bridgehead atoms. The van der Waals surface area contributed by atoms with Crippen LogP contribution in [-0.4, -0.2) is 16.1 Å². The monoisotopic (exact) mass is 269 g/mol. The Bertz CT molecular complexity index is 378. The van der Waals surface area contributed by atoms with Crippen molar-refractivity contribution in [3.05, 3.63) is 28.0 Å². The minimum Gasteiger partial charge on any atom is -0.478 e. The van der Waals surface area contributed by atoms with Gasteiger partial charge in [-0.05, 0) is 28.1 Å². The fraction of sp³-hybridized carbons (Fsp3) is 0.143. The van der Waals surface area contributed by atoms with E-state index in [1.165, 1.54) is 0 Å². The number of pyridine rings is 1. The Kier molecular flexibility index (Phi) is 2.79. The smallest absolute Gasteiger partial charge is 0.433 e. The summed E-state index contributed by atoms with van der Waals surface area (Å²) in [4.78, 5) is 13.5. The Morgan fingerprint density at radius 3 is 2.36 bits per heavy atom. The number of alkyl halides is 3. The van der Waals surface area contributed by atoms with Crippen molar-refractivity contribution in [2.24, 2.45) is 0 Å². The highest BCUT2D eigenvalue weighted by Crippen LogP contribution is 2.29. The van der Waals surface area contributed by atoms with Gasteiger partial charge in [-0.1, -0.05) is 0 Å². The number of hydrogen-bond donors (Lipinski definition) is 1. The van der Waals surface area contributed by atoms with Gasteiger partial charge < -0.3 is 5.11 Å². The molecule has 1 rings (SSSR count). The fourth-order valence-electron chi connectivity index (χ4n) is 0.752. The van der Waals surface area contributed by atoms with Crippen LogP contribution in [0.5, 0.6) is 0 Å². The van der Waals surface area contributed by atoms with Crippen LogP contribution in [0.1, 0.15) is 16.1 Å². The van der Waals surface area contributed by atoms with E-state index in [2.05, 4.69) is 20.9 Å². The maximum Gasteiger partial charge on any atom is 0.433 e. The zero-order valence-corrected chi connectivity index (χ0v) is 8.06. The predicted molar refractivity (Wildman–Crippen MR) is 43.9 cm³/mol. The van der Waals surface area contributed by atoms with Gasteiger partial charge in [0.25, 0.3) is 0 Å². The lowest BCUT2D eigenvalue weighted by molar-refractivity contribution is -0.141. The lowest BCUT2D eigenvalue weighted by Crippen LogP contribution is -2.10. The first-order chi connectivity index (χ1) is 6.32. The van der Waals surface area contributed by atoms with Crippen molar-refractivity contribution < 1.29 is 23.1 Å². The number of halogens is 4. The molecule has 1 N–H and O–H groups in total. The van der Waals surface area contributed by atoms with E-state index in [1.807, 2.05) is 0 Å². The molecule has 0 aromatic carbocycles. The van der Waals surface area contributed by atoms with Gasteiger partial charge in [0.15, 0.2) is 0 Å². The third-order valence-corrected chi connectivity index (χ3v) is 1.97. The van der Waals surface area contributed by atoms with Crippen molar-refractivity contribution in [2.45, 2.75) is 6.18 Å². The summed E-state index contributed by atoms with van der Waals surface area (Å²) in [6.45, 7) is 0. The van der Waals surface area contributed by atoms with Gasteiger partial charge in [0.2, 0.25) is 0 Å². The number of carbonyl (C=O) groups is 1. The number of hydrogen-bond acceptors (Lipinski definition) is 2. The number of rotatable bonds is 1. The highest BCUT2D eigenvalue weighted by atomic mass is 79.9. The second kappa shape index (κ2) is 3.56.